The smallest absolute Gasteiger partial charge is 0.319 e. The summed E-state index contributed by atoms with van der Waals surface area (Å²) in [6, 6.07) is 3.65. The fraction of sp³-hybridized carbons (Fsp3) is 0.471. The molecule has 1 aromatic carbocycles. The lowest BCUT2D eigenvalue weighted by Gasteiger charge is -2.23. The molecule has 1 aromatic heterocycles. The second kappa shape index (κ2) is 6.11. The Labute approximate surface area is 143 Å². The van der Waals surface area contributed by atoms with Crippen molar-refractivity contribution in [3.8, 4) is 11.5 Å². The summed E-state index contributed by atoms with van der Waals surface area (Å²) < 4.78 is 24.3. The first-order chi connectivity index (χ1) is 12.0. The van der Waals surface area contributed by atoms with Crippen molar-refractivity contribution < 1.29 is 18.4 Å². The molecular formula is C17H19FN4O3. The van der Waals surface area contributed by atoms with Crippen LogP contribution in [0.3, 0.4) is 0 Å². The molecule has 132 valence electrons. The highest BCUT2D eigenvalue weighted by Gasteiger charge is 2.32. The van der Waals surface area contributed by atoms with E-state index in [1.165, 1.54) is 18.2 Å². The van der Waals surface area contributed by atoms with Gasteiger partial charge in [-0.1, -0.05) is 5.16 Å². The van der Waals surface area contributed by atoms with Gasteiger partial charge in [0, 0.05) is 12.5 Å². The van der Waals surface area contributed by atoms with Gasteiger partial charge >= 0.3 is 6.03 Å². The number of carbonyl (C=O) groups is 1. The highest BCUT2D eigenvalue weighted by Crippen LogP contribution is 2.39. The average Bonchev–Trinajstić information content (AvgIpc) is 3.15. The van der Waals surface area contributed by atoms with Crippen LogP contribution in [0.2, 0.25) is 0 Å². The zero-order valence-corrected chi connectivity index (χ0v) is 13.8. The molecule has 1 aliphatic carbocycles. The molecular weight excluding hydrogens is 327 g/mol. The van der Waals surface area contributed by atoms with Crippen LogP contribution in [0.4, 0.5) is 14.9 Å². The van der Waals surface area contributed by atoms with Crippen LogP contribution in [0.25, 0.3) is 11.5 Å². The summed E-state index contributed by atoms with van der Waals surface area (Å²) in [5, 5.41) is 9.58. The predicted octanol–water partition coefficient (Wildman–Crippen LogP) is 3.05. The zero-order chi connectivity index (χ0) is 17.4. The second-order valence-corrected chi connectivity index (χ2v) is 6.86. The van der Waals surface area contributed by atoms with Crippen molar-refractivity contribution in [3.05, 3.63) is 29.8 Å². The molecule has 0 unspecified atom stereocenters. The minimum Gasteiger partial charge on any atom is -0.379 e. The minimum atomic E-state index is -0.441. The van der Waals surface area contributed by atoms with Crippen molar-refractivity contribution in [3.63, 3.8) is 0 Å². The van der Waals surface area contributed by atoms with Gasteiger partial charge in [-0.15, -0.1) is 0 Å². The van der Waals surface area contributed by atoms with Crippen LogP contribution in [0, 0.1) is 5.82 Å². The lowest BCUT2D eigenvalue weighted by Crippen LogP contribution is -2.48. The largest absolute Gasteiger partial charge is 0.379 e. The van der Waals surface area contributed by atoms with Crippen LogP contribution < -0.4 is 10.6 Å². The van der Waals surface area contributed by atoms with Crippen molar-refractivity contribution in [2.45, 2.75) is 37.6 Å². The number of carbonyl (C=O) groups excluding carboxylic acids is 1. The molecule has 1 saturated carbocycles. The van der Waals surface area contributed by atoms with Crippen molar-refractivity contribution >= 4 is 11.7 Å². The van der Waals surface area contributed by atoms with E-state index < -0.39 is 11.4 Å². The minimum absolute atomic E-state index is 0.201. The van der Waals surface area contributed by atoms with Gasteiger partial charge in [0.25, 0.3) is 5.89 Å². The van der Waals surface area contributed by atoms with E-state index in [0.29, 0.717) is 36.2 Å². The zero-order valence-electron chi connectivity index (χ0n) is 13.8. The molecule has 2 heterocycles. The molecule has 2 aromatic rings. The van der Waals surface area contributed by atoms with Crippen LogP contribution in [-0.2, 0) is 4.74 Å². The third kappa shape index (κ3) is 3.48. The maximum Gasteiger partial charge on any atom is 0.319 e. The fourth-order valence-electron chi connectivity index (χ4n) is 2.85. The standard InChI is InChI=1S/C17H19FN4O3/c1-17(6-7-24-9-17)21-16(23)19-13-5-4-11(18)8-12(13)15-20-14(22-25-15)10-2-3-10/h4-5,8,10H,2-3,6-7,9H2,1H3,(H2,19,21,23)/t17-/m0/s1. The van der Waals surface area contributed by atoms with E-state index in [2.05, 4.69) is 20.8 Å². The molecule has 4 rings (SSSR count). The average molecular weight is 346 g/mol. The molecule has 25 heavy (non-hydrogen) atoms. The molecule has 7 nitrogen and oxygen atoms in total. The number of hydrogen-bond acceptors (Lipinski definition) is 5. The normalized spacial score (nSPS) is 22.8. The molecule has 1 aliphatic heterocycles. The Balaban J connectivity index is 1.55. The Hall–Kier alpha value is -2.48. The van der Waals surface area contributed by atoms with Crippen molar-refractivity contribution in [1.29, 1.82) is 0 Å². The summed E-state index contributed by atoms with van der Waals surface area (Å²) in [6.07, 6.45) is 2.82. The third-order valence-corrected chi connectivity index (χ3v) is 4.48. The monoisotopic (exact) mass is 346 g/mol. The molecule has 1 atom stereocenters. The van der Waals surface area contributed by atoms with E-state index in [4.69, 9.17) is 9.26 Å². The van der Waals surface area contributed by atoms with E-state index >= 15 is 0 Å². The first-order valence-electron chi connectivity index (χ1n) is 8.33. The number of ether oxygens (including phenoxy) is 1. The quantitative estimate of drug-likeness (QED) is 0.888. The summed E-state index contributed by atoms with van der Waals surface area (Å²) >= 11 is 0. The van der Waals surface area contributed by atoms with E-state index in [1.54, 1.807) is 0 Å². The Kier molecular flexibility index (Phi) is 3.91. The molecule has 0 bridgehead atoms. The summed E-state index contributed by atoms with van der Waals surface area (Å²) in [7, 11) is 0. The van der Waals surface area contributed by atoms with Gasteiger partial charge in [-0.2, -0.15) is 4.98 Å². The van der Waals surface area contributed by atoms with Gasteiger partial charge in [0.1, 0.15) is 5.82 Å². The van der Waals surface area contributed by atoms with Gasteiger partial charge in [0.2, 0.25) is 0 Å². The molecule has 8 heteroatoms. The Bertz CT molecular complexity index is 797. The van der Waals surface area contributed by atoms with Crippen molar-refractivity contribution in [2.75, 3.05) is 18.5 Å². The van der Waals surface area contributed by atoms with Crippen LogP contribution >= 0.6 is 0 Å². The predicted molar refractivity (Wildman–Crippen MR) is 87.7 cm³/mol. The highest BCUT2D eigenvalue weighted by atomic mass is 19.1. The van der Waals surface area contributed by atoms with Crippen LogP contribution in [-0.4, -0.2) is 34.9 Å². The van der Waals surface area contributed by atoms with Gasteiger partial charge in [0.15, 0.2) is 5.82 Å². The van der Waals surface area contributed by atoms with Gasteiger partial charge in [-0.3, -0.25) is 0 Å². The maximum absolute atomic E-state index is 13.7. The number of rotatable bonds is 4. The van der Waals surface area contributed by atoms with Crippen LogP contribution in [0.15, 0.2) is 22.7 Å². The molecule has 2 fully saturated rings. The molecule has 0 spiro atoms. The Morgan fingerprint density at radius 3 is 2.96 bits per heavy atom. The van der Waals surface area contributed by atoms with Crippen molar-refractivity contribution in [1.82, 2.24) is 15.5 Å². The van der Waals surface area contributed by atoms with Crippen LogP contribution in [0.1, 0.15) is 37.9 Å². The Morgan fingerprint density at radius 1 is 1.40 bits per heavy atom. The summed E-state index contributed by atoms with van der Waals surface area (Å²) in [4.78, 5) is 16.7. The van der Waals surface area contributed by atoms with E-state index in [0.717, 1.165) is 19.3 Å². The fourth-order valence-corrected chi connectivity index (χ4v) is 2.85. The number of aromatic nitrogens is 2. The number of hydrogen-bond donors (Lipinski definition) is 2. The lowest BCUT2D eigenvalue weighted by molar-refractivity contribution is 0.172. The highest BCUT2D eigenvalue weighted by molar-refractivity contribution is 5.93. The SMILES string of the molecule is C[C@]1(NC(=O)Nc2ccc(F)cc2-c2nc(C3CC3)no2)CCOC1. The van der Waals surface area contributed by atoms with E-state index in [-0.39, 0.29) is 11.9 Å². The maximum atomic E-state index is 13.7. The number of anilines is 1. The van der Waals surface area contributed by atoms with Gasteiger partial charge < -0.3 is 19.9 Å². The first kappa shape index (κ1) is 16.0. The summed E-state index contributed by atoms with van der Waals surface area (Å²) in [6.45, 7) is 3.00. The Morgan fingerprint density at radius 2 is 2.24 bits per heavy atom. The lowest BCUT2D eigenvalue weighted by atomic mass is 10.0. The third-order valence-electron chi connectivity index (χ3n) is 4.48. The summed E-state index contributed by atoms with van der Waals surface area (Å²) in [5.41, 5.74) is 0.364. The second-order valence-electron chi connectivity index (χ2n) is 6.86. The first-order valence-corrected chi connectivity index (χ1v) is 8.33. The molecule has 1 saturated heterocycles. The molecule has 0 radical (unpaired) electrons. The number of halogens is 1. The number of amides is 2. The molecule has 2 N–H and O–H groups in total. The van der Waals surface area contributed by atoms with Crippen LogP contribution in [0.5, 0.6) is 0 Å². The van der Waals surface area contributed by atoms with Gasteiger partial charge in [-0.25, -0.2) is 9.18 Å². The van der Waals surface area contributed by atoms with E-state index in [1.807, 2.05) is 6.92 Å². The number of nitrogens with one attached hydrogen (secondary N) is 2. The van der Waals surface area contributed by atoms with E-state index in [9.17, 15) is 9.18 Å². The number of nitrogens with zero attached hydrogens (tertiary/aromatic N) is 2. The topological polar surface area (TPSA) is 89.3 Å². The van der Waals surface area contributed by atoms with Crippen molar-refractivity contribution in [2.24, 2.45) is 0 Å². The van der Waals surface area contributed by atoms with Gasteiger partial charge in [-0.05, 0) is 44.4 Å². The number of benzene rings is 1. The molecule has 2 aliphatic rings. The number of urea groups is 1. The summed E-state index contributed by atoms with van der Waals surface area (Å²) in [5.74, 6) is 0.716. The molecule has 2 amide bonds. The van der Waals surface area contributed by atoms with Gasteiger partial charge in [0.05, 0.1) is 23.4 Å².